The Morgan fingerprint density at radius 2 is 1.72 bits per heavy atom. The molecular formula is C13H13F2N3. The molecule has 2 aromatic rings. The molecule has 0 radical (unpaired) electrons. The first-order chi connectivity index (χ1) is 8.58. The van der Waals surface area contributed by atoms with Crippen LogP contribution < -0.4 is 5.73 Å². The quantitative estimate of drug-likeness (QED) is 0.907. The number of halogens is 2. The van der Waals surface area contributed by atoms with Gasteiger partial charge in [-0.3, -0.25) is 0 Å². The Balaban J connectivity index is 2.49. The third kappa shape index (κ3) is 2.87. The van der Waals surface area contributed by atoms with Gasteiger partial charge in [-0.25, -0.2) is 18.7 Å². The summed E-state index contributed by atoms with van der Waals surface area (Å²) in [6, 6.07) is 5.06. The minimum atomic E-state index is -0.643. The second kappa shape index (κ2) is 5.18. The van der Waals surface area contributed by atoms with Crippen molar-refractivity contribution >= 4 is 0 Å². The van der Waals surface area contributed by atoms with Crippen LogP contribution in [-0.2, 0) is 6.42 Å². The summed E-state index contributed by atoms with van der Waals surface area (Å²) >= 11 is 0. The van der Waals surface area contributed by atoms with E-state index >= 15 is 0 Å². The average molecular weight is 249 g/mol. The Labute approximate surface area is 104 Å². The van der Waals surface area contributed by atoms with Gasteiger partial charge in [0.15, 0.2) is 5.82 Å². The van der Waals surface area contributed by atoms with Crippen LogP contribution in [0.15, 0.2) is 24.3 Å². The van der Waals surface area contributed by atoms with E-state index in [0.717, 1.165) is 17.5 Å². The van der Waals surface area contributed by atoms with Crippen LogP contribution in [0, 0.1) is 18.6 Å². The first-order valence-electron chi connectivity index (χ1n) is 5.59. The smallest absolute Gasteiger partial charge is 0.159 e. The molecule has 0 spiro atoms. The van der Waals surface area contributed by atoms with Gasteiger partial charge in [-0.2, -0.15) is 0 Å². The van der Waals surface area contributed by atoms with Crippen molar-refractivity contribution in [1.29, 1.82) is 0 Å². The van der Waals surface area contributed by atoms with Crippen molar-refractivity contribution in [3.63, 3.8) is 0 Å². The number of nitrogens with two attached hydrogens (primary N) is 1. The maximum atomic E-state index is 13.1. The van der Waals surface area contributed by atoms with Gasteiger partial charge in [0.25, 0.3) is 0 Å². The second-order valence-electron chi connectivity index (χ2n) is 4.02. The van der Waals surface area contributed by atoms with Crippen molar-refractivity contribution < 1.29 is 8.78 Å². The molecule has 0 atom stereocenters. The molecule has 2 N–H and O–H groups in total. The van der Waals surface area contributed by atoms with Crippen molar-refractivity contribution in [3.05, 3.63) is 47.3 Å². The average Bonchev–Trinajstić information content (AvgIpc) is 2.27. The molecule has 0 bridgehead atoms. The summed E-state index contributed by atoms with van der Waals surface area (Å²) in [5, 5.41) is 0. The summed E-state index contributed by atoms with van der Waals surface area (Å²) in [5.74, 6) is -0.970. The highest BCUT2D eigenvalue weighted by Crippen LogP contribution is 2.19. The Kier molecular flexibility index (Phi) is 3.62. The van der Waals surface area contributed by atoms with Crippen LogP contribution in [0.3, 0.4) is 0 Å². The zero-order valence-electron chi connectivity index (χ0n) is 9.95. The van der Waals surface area contributed by atoms with E-state index in [0.29, 0.717) is 24.4 Å². The van der Waals surface area contributed by atoms with E-state index in [9.17, 15) is 8.78 Å². The minimum Gasteiger partial charge on any atom is -0.330 e. The molecule has 1 aromatic heterocycles. The van der Waals surface area contributed by atoms with Gasteiger partial charge in [-0.05, 0) is 31.7 Å². The topological polar surface area (TPSA) is 51.8 Å². The van der Waals surface area contributed by atoms with Crippen molar-refractivity contribution in [1.82, 2.24) is 9.97 Å². The lowest BCUT2D eigenvalue weighted by atomic mass is 10.2. The highest BCUT2D eigenvalue weighted by molar-refractivity contribution is 5.55. The van der Waals surface area contributed by atoms with Crippen LogP contribution in [0.1, 0.15) is 11.4 Å². The van der Waals surface area contributed by atoms with Crippen LogP contribution in [0.25, 0.3) is 11.4 Å². The first-order valence-corrected chi connectivity index (χ1v) is 5.59. The molecule has 1 heterocycles. The monoisotopic (exact) mass is 249 g/mol. The number of benzene rings is 1. The largest absolute Gasteiger partial charge is 0.330 e. The Bertz CT molecular complexity index is 550. The second-order valence-corrected chi connectivity index (χ2v) is 4.02. The summed E-state index contributed by atoms with van der Waals surface area (Å²) in [6.07, 6.45) is 0.605. The summed E-state index contributed by atoms with van der Waals surface area (Å²) in [4.78, 5) is 8.43. The normalized spacial score (nSPS) is 10.7. The van der Waals surface area contributed by atoms with Gasteiger partial charge in [0, 0.05) is 29.4 Å². The first kappa shape index (κ1) is 12.6. The van der Waals surface area contributed by atoms with Crippen molar-refractivity contribution in [2.75, 3.05) is 6.54 Å². The SMILES string of the molecule is Cc1cc(CCN)nc(-c2cc(F)cc(F)c2)n1. The van der Waals surface area contributed by atoms with Crippen LogP contribution >= 0.6 is 0 Å². The maximum Gasteiger partial charge on any atom is 0.159 e. The molecule has 0 aliphatic heterocycles. The molecule has 18 heavy (non-hydrogen) atoms. The van der Waals surface area contributed by atoms with E-state index in [1.165, 1.54) is 12.1 Å². The molecule has 2 rings (SSSR count). The zero-order chi connectivity index (χ0) is 13.1. The number of aryl methyl sites for hydroxylation is 1. The summed E-state index contributed by atoms with van der Waals surface area (Å²) in [6.45, 7) is 2.27. The highest BCUT2D eigenvalue weighted by Gasteiger charge is 2.08. The molecule has 0 fully saturated rings. The third-order valence-electron chi connectivity index (χ3n) is 2.43. The van der Waals surface area contributed by atoms with Crippen molar-refractivity contribution in [2.24, 2.45) is 5.73 Å². The number of hydrogen-bond acceptors (Lipinski definition) is 3. The van der Waals surface area contributed by atoms with E-state index in [4.69, 9.17) is 5.73 Å². The van der Waals surface area contributed by atoms with Gasteiger partial charge < -0.3 is 5.73 Å². The fraction of sp³-hybridized carbons (Fsp3) is 0.231. The molecular weight excluding hydrogens is 236 g/mol. The van der Waals surface area contributed by atoms with Crippen LogP contribution in [0.4, 0.5) is 8.78 Å². The Hall–Kier alpha value is -1.88. The van der Waals surface area contributed by atoms with Crippen LogP contribution in [0.5, 0.6) is 0 Å². The molecule has 1 aromatic carbocycles. The molecule has 0 saturated carbocycles. The van der Waals surface area contributed by atoms with Crippen LogP contribution in [-0.4, -0.2) is 16.5 Å². The molecule has 0 aliphatic rings. The predicted molar refractivity (Wildman–Crippen MR) is 64.9 cm³/mol. The number of hydrogen-bond donors (Lipinski definition) is 1. The fourth-order valence-corrected chi connectivity index (χ4v) is 1.72. The third-order valence-corrected chi connectivity index (χ3v) is 2.43. The lowest BCUT2D eigenvalue weighted by molar-refractivity contribution is 0.584. The van der Waals surface area contributed by atoms with Gasteiger partial charge in [0.05, 0.1) is 0 Å². The summed E-state index contributed by atoms with van der Waals surface area (Å²) in [5.41, 5.74) is 7.31. The van der Waals surface area contributed by atoms with E-state index in [1.54, 1.807) is 6.92 Å². The van der Waals surface area contributed by atoms with E-state index in [1.807, 2.05) is 6.07 Å². The summed E-state index contributed by atoms with van der Waals surface area (Å²) < 4.78 is 26.3. The molecule has 0 aliphatic carbocycles. The Morgan fingerprint density at radius 3 is 2.33 bits per heavy atom. The number of rotatable bonds is 3. The minimum absolute atomic E-state index is 0.317. The zero-order valence-corrected chi connectivity index (χ0v) is 9.95. The van der Waals surface area contributed by atoms with Crippen molar-refractivity contribution in [3.8, 4) is 11.4 Å². The lowest BCUT2D eigenvalue weighted by Gasteiger charge is -2.05. The van der Waals surface area contributed by atoms with Gasteiger partial charge in [-0.1, -0.05) is 0 Å². The predicted octanol–water partition coefficient (Wildman–Crippen LogP) is 2.23. The fourth-order valence-electron chi connectivity index (χ4n) is 1.72. The van der Waals surface area contributed by atoms with Gasteiger partial charge in [0.1, 0.15) is 11.6 Å². The molecule has 0 unspecified atom stereocenters. The molecule has 94 valence electrons. The maximum absolute atomic E-state index is 13.1. The van der Waals surface area contributed by atoms with E-state index < -0.39 is 11.6 Å². The summed E-state index contributed by atoms with van der Waals surface area (Å²) in [7, 11) is 0. The Morgan fingerprint density at radius 1 is 1.06 bits per heavy atom. The van der Waals surface area contributed by atoms with E-state index in [2.05, 4.69) is 9.97 Å². The lowest BCUT2D eigenvalue weighted by Crippen LogP contribution is -2.06. The molecule has 0 saturated heterocycles. The highest BCUT2D eigenvalue weighted by atomic mass is 19.1. The van der Waals surface area contributed by atoms with E-state index in [-0.39, 0.29) is 0 Å². The van der Waals surface area contributed by atoms with Gasteiger partial charge >= 0.3 is 0 Å². The van der Waals surface area contributed by atoms with Gasteiger partial charge in [0.2, 0.25) is 0 Å². The van der Waals surface area contributed by atoms with Crippen molar-refractivity contribution in [2.45, 2.75) is 13.3 Å². The molecule has 0 amide bonds. The van der Waals surface area contributed by atoms with Crippen LogP contribution in [0.2, 0.25) is 0 Å². The standard InChI is InChI=1S/C13H13F2N3/c1-8-4-12(2-3-16)18-13(17-8)9-5-10(14)7-11(15)6-9/h4-7H,2-3,16H2,1H3. The molecule has 5 heteroatoms. The molecule has 3 nitrogen and oxygen atoms in total. The number of aromatic nitrogens is 2. The van der Waals surface area contributed by atoms with Gasteiger partial charge in [-0.15, -0.1) is 0 Å². The number of nitrogens with zero attached hydrogens (tertiary/aromatic N) is 2.